The molecule has 0 amide bonds. The molecule has 0 saturated heterocycles. The van der Waals surface area contributed by atoms with E-state index in [-0.39, 0.29) is 0 Å². The monoisotopic (exact) mass is 255 g/mol. The largest absolute Gasteiger partial charge is 0.311 e. The lowest BCUT2D eigenvalue weighted by molar-refractivity contribution is 0.515. The minimum atomic E-state index is 0.701. The number of aromatic nitrogens is 2. The fourth-order valence-electron chi connectivity index (χ4n) is 1.66. The maximum Gasteiger partial charge on any atom is 0.0522 e. The van der Waals surface area contributed by atoms with E-state index in [9.17, 15) is 0 Å². The van der Waals surface area contributed by atoms with Gasteiger partial charge in [-0.25, -0.2) is 0 Å². The summed E-state index contributed by atoms with van der Waals surface area (Å²) >= 11 is 2.00. The highest BCUT2D eigenvalue weighted by molar-refractivity contribution is 7.99. The van der Waals surface area contributed by atoms with Gasteiger partial charge in [0, 0.05) is 19.3 Å². The second kappa shape index (κ2) is 8.59. The van der Waals surface area contributed by atoms with Crippen LogP contribution >= 0.6 is 11.8 Å². The summed E-state index contributed by atoms with van der Waals surface area (Å²) in [7, 11) is 0. The first kappa shape index (κ1) is 14.6. The van der Waals surface area contributed by atoms with E-state index >= 15 is 0 Å². The Labute approximate surface area is 109 Å². The third-order valence-corrected chi connectivity index (χ3v) is 3.51. The Morgan fingerprint density at radius 1 is 1.47 bits per heavy atom. The predicted octanol–water partition coefficient (Wildman–Crippen LogP) is 2.77. The average molecular weight is 255 g/mol. The summed E-state index contributed by atoms with van der Waals surface area (Å²) in [5.41, 5.74) is 1.30. The van der Waals surface area contributed by atoms with Crippen molar-refractivity contribution in [2.45, 2.75) is 40.3 Å². The minimum Gasteiger partial charge on any atom is -0.311 e. The molecule has 0 atom stereocenters. The van der Waals surface area contributed by atoms with Crippen LogP contribution in [0.1, 0.15) is 32.9 Å². The lowest BCUT2D eigenvalue weighted by atomic mass is 10.2. The Kier molecular flexibility index (Phi) is 7.37. The van der Waals surface area contributed by atoms with Gasteiger partial charge in [-0.1, -0.05) is 20.8 Å². The van der Waals surface area contributed by atoms with Crippen LogP contribution in [-0.2, 0) is 13.1 Å². The molecule has 1 aromatic heterocycles. The van der Waals surface area contributed by atoms with Crippen molar-refractivity contribution in [3.05, 3.63) is 18.0 Å². The molecule has 0 aliphatic heterocycles. The molecule has 98 valence electrons. The van der Waals surface area contributed by atoms with Gasteiger partial charge >= 0.3 is 0 Å². The van der Waals surface area contributed by atoms with E-state index in [2.05, 4.69) is 41.9 Å². The molecule has 0 aromatic carbocycles. The Morgan fingerprint density at radius 3 is 3.00 bits per heavy atom. The first-order valence-corrected chi connectivity index (χ1v) is 7.68. The van der Waals surface area contributed by atoms with Crippen LogP contribution in [0.2, 0.25) is 0 Å². The maximum atomic E-state index is 4.38. The SMILES string of the molecule is CCSCCCn1nccc1CNCC(C)C. The summed E-state index contributed by atoms with van der Waals surface area (Å²) < 4.78 is 2.13. The van der Waals surface area contributed by atoms with Crippen molar-refractivity contribution in [1.82, 2.24) is 15.1 Å². The second-order valence-electron chi connectivity index (χ2n) is 4.62. The number of thioether (sulfide) groups is 1. The van der Waals surface area contributed by atoms with E-state index in [0.29, 0.717) is 5.92 Å². The standard InChI is InChI=1S/C13H25N3S/c1-4-17-9-5-8-16-13(6-7-15-16)11-14-10-12(2)3/h6-7,12,14H,4-5,8-11H2,1-3H3. The van der Waals surface area contributed by atoms with E-state index in [1.807, 2.05) is 18.0 Å². The molecule has 0 saturated carbocycles. The molecular formula is C13H25N3S. The Bertz CT molecular complexity index is 297. The van der Waals surface area contributed by atoms with Gasteiger partial charge < -0.3 is 5.32 Å². The van der Waals surface area contributed by atoms with Crippen LogP contribution in [0.3, 0.4) is 0 Å². The lowest BCUT2D eigenvalue weighted by Gasteiger charge is -2.10. The Hall–Kier alpha value is -0.480. The number of nitrogens with one attached hydrogen (secondary N) is 1. The highest BCUT2D eigenvalue weighted by Crippen LogP contribution is 2.05. The molecule has 0 radical (unpaired) electrons. The first-order chi connectivity index (χ1) is 8.24. The van der Waals surface area contributed by atoms with Gasteiger partial charge in [0.25, 0.3) is 0 Å². The summed E-state index contributed by atoms with van der Waals surface area (Å²) in [4.78, 5) is 0. The number of nitrogens with zero attached hydrogens (tertiary/aromatic N) is 2. The van der Waals surface area contributed by atoms with Crippen LogP contribution in [-0.4, -0.2) is 27.8 Å². The third-order valence-electron chi connectivity index (χ3n) is 2.53. The third kappa shape index (κ3) is 6.13. The van der Waals surface area contributed by atoms with Crippen molar-refractivity contribution in [3.8, 4) is 0 Å². The molecule has 0 bridgehead atoms. The first-order valence-electron chi connectivity index (χ1n) is 6.53. The molecule has 1 rings (SSSR count). The molecule has 17 heavy (non-hydrogen) atoms. The molecule has 0 aliphatic rings. The predicted molar refractivity (Wildman–Crippen MR) is 76.4 cm³/mol. The van der Waals surface area contributed by atoms with Gasteiger partial charge in [-0.05, 0) is 36.5 Å². The number of hydrogen-bond donors (Lipinski definition) is 1. The highest BCUT2D eigenvalue weighted by atomic mass is 32.2. The normalized spacial score (nSPS) is 11.3. The van der Waals surface area contributed by atoms with E-state index in [4.69, 9.17) is 0 Å². The molecule has 0 spiro atoms. The van der Waals surface area contributed by atoms with Gasteiger partial charge in [0.2, 0.25) is 0 Å². The molecular weight excluding hydrogens is 230 g/mol. The molecule has 0 fully saturated rings. The summed E-state index contributed by atoms with van der Waals surface area (Å²) in [6, 6.07) is 2.11. The lowest BCUT2D eigenvalue weighted by Crippen LogP contribution is -2.21. The molecule has 1 N–H and O–H groups in total. The van der Waals surface area contributed by atoms with E-state index in [1.165, 1.54) is 23.6 Å². The summed E-state index contributed by atoms with van der Waals surface area (Å²) in [5, 5.41) is 7.84. The maximum absolute atomic E-state index is 4.38. The minimum absolute atomic E-state index is 0.701. The van der Waals surface area contributed by atoms with Crippen molar-refractivity contribution >= 4 is 11.8 Å². The highest BCUT2D eigenvalue weighted by Gasteiger charge is 2.02. The van der Waals surface area contributed by atoms with Crippen molar-refractivity contribution in [2.75, 3.05) is 18.1 Å². The molecule has 1 heterocycles. The van der Waals surface area contributed by atoms with Gasteiger partial charge in [-0.15, -0.1) is 0 Å². The van der Waals surface area contributed by atoms with Gasteiger partial charge in [0.05, 0.1) is 5.69 Å². The number of rotatable bonds is 9. The van der Waals surface area contributed by atoms with Gasteiger partial charge in [-0.2, -0.15) is 16.9 Å². The quantitative estimate of drug-likeness (QED) is 0.688. The average Bonchev–Trinajstić information content (AvgIpc) is 2.72. The Balaban J connectivity index is 2.27. The molecule has 0 aliphatic carbocycles. The number of aryl methyl sites for hydroxylation is 1. The van der Waals surface area contributed by atoms with E-state index < -0.39 is 0 Å². The van der Waals surface area contributed by atoms with Crippen molar-refractivity contribution in [2.24, 2.45) is 5.92 Å². The number of hydrogen-bond acceptors (Lipinski definition) is 3. The van der Waals surface area contributed by atoms with E-state index in [1.54, 1.807) is 0 Å². The molecule has 4 heteroatoms. The molecule has 1 aromatic rings. The van der Waals surface area contributed by atoms with Gasteiger partial charge in [0.15, 0.2) is 0 Å². The van der Waals surface area contributed by atoms with Crippen LogP contribution in [0.5, 0.6) is 0 Å². The topological polar surface area (TPSA) is 29.9 Å². The summed E-state index contributed by atoms with van der Waals surface area (Å²) in [5.74, 6) is 3.14. The zero-order valence-electron chi connectivity index (χ0n) is 11.3. The second-order valence-corrected chi connectivity index (χ2v) is 6.01. The van der Waals surface area contributed by atoms with Crippen LogP contribution < -0.4 is 5.32 Å². The van der Waals surface area contributed by atoms with Crippen LogP contribution in [0.4, 0.5) is 0 Å². The van der Waals surface area contributed by atoms with Crippen LogP contribution in [0.15, 0.2) is 12.3 Å². The van der Waals surface area contributed by atoms with Crippen molar-refractivity contribution in [3.63, 3.8) is 0 Å². The summed E-state index contributed by atoms with van der Waals surface area (Å²) in [6.07, 6.45) is 3.11. The Morgan fingerprint density at radius 2 is 2.29 bits per heavy atom. The van der Waals surface area contributed by atoms with Gasteiger partial charge in [-0.3, -0.25) is 4.68 Å². The molecule has 0 unspecified atom stereocenters. The van der Waals surface area contributed by atoms with Crippen LogP contribution in [0.25, 0.3) is 0 Å². The smallest absolute Gasteiger partial charge is 0.0522 e. The van der Waals surface area contributed by atoms with Crippen molar-refractivity contribution in [1.29, 1.82) is 0 Å². The van der Waals surface area contributed by atoms with Crippen LogP contribution in [0, 0.1) is 5.92 Å². The zero-order valence-corrected chi connectivity index (χ0v) is 12.1. The summed E-state index contributed by atoms with van der Waals surface area (Å²) in [6.45, 7) is 9.70. The fourth-order valence-corrected chi connectivity index (χ4v) is 2.28. The molecule has 3 nitrogen and oxygen atoms in total. The van der Waals surface area contributed by atoms with E-state index in [0.717, 1.165) is 19.6 Å². The van der Waals surface area contributed by atoms with Gasteiger partial charge in [0.1, 0.15) is 0 Å². The zero-order chi connectivity index (χ0) is 12.5. The fraction of sp³-hybridized carbons (Fsp3) is 0.769. The van der Waals surface area contributed by atoms with Crippen molar-refractivity contribution < 1.29 is 0 Å².